The van der Waals surface area contributed by atoms with Crippen molar-refractivity contribution >= 4 is 15.7 Å². The summed E-state index contributed by atoms with van der Waals surface area (Å²) < 4.78 is 22.8. The molecule has 0 aromatic heterocycles. The second-order valence-electron chi connectivity index (χ2n) is 4.31. The highest BCUT2D eigenvalue weighted by Gasteiger charge is 2.10. The lowest BCUT2D eigenvalue weighted by Crippen LogP contribution is -2.32. The molecule has 2 N–H and O–H groups in total. The molecule has 0 heterocycles. The van der Waals surface area contributed by atoms with Crippen molar-refractivity contribution in [3.05, 3.63) is 29.8 Å². The first-order valence-electron chi connectivity index (χ1n) is 6.24. The normalized spacial score (nSPS) is 11.3. The lowest BCUT2D eigenvalue weighted by molar-refractivity contribution is 0.0953. The van der Waals surface area contributed by atoms with Crippen molar-refractivity contribution in [1.82, 2.24) is 10.6 Å². The summed E-state index contributed by atoms with van der Waals surface area (Å²) >= 11 is 0. The number of carbonyl (C=O) groups is 1. The first kappa shape index (κ1) is 15.7. The summed E-state index contributed by atoms with van der Waals surface area (Å²) in [5, 5.41) is 5.91. The third-order valence-electron chi connectivity index (χ3n) is 2.54. The number of sulfone groups is 1. The molecule has 0 atom stereocenters. The molecular weight excluding hydrogens is 264 g/mol. The average Bonchev–Trinajstić information content (AvgIpc) is 2.37. The van der Waals surface area contributed by atoms with E-state index in [0.29, 0.717) is 18.7 Å². The molecule has 0 aliphatic heterocycles. The van der Waals surface area contributed by atoms with Crippen LogP contribution >= 0.6 is 0 Å². The molecule has 0 bridgehead atoms. The van der Waals surface area contributed by atoms with Gasteiger partial charge in [-0.3, -0.25) is 4.79 Å². The first-order valence-corrected chi connectivity index (χ1v) is 8.13. The quantitative estimate of drug-likeness (QED) is 0.727. The molecule has 0 aliphatic rings. The second kappa shape index (κ2) is 7.25. The van der Waals surface area contributed by atoms with Gasteiger partial charge in [-0.15, -0.1) is 0 Å². The Kier molecular flexibility index (Phi) is 5.98. The molecule has 0 fully saturated rings. The standard InChI is InChI=1S/C13H20N2O3S/c1-3-7-14-8-9-15-13(16)11-5-4-6-12(10-11)19(2,17)18/h4-6,10,14H,3,7-9H2,1-2H3,(H,15,16). The van der Waals surface area contributed by atoms with Crippen LogP contribution in [0, 0.1) is 0 Å². The smallest absolute Gasteiger partial charge is 0.251 e. The molecule has 19 heavy (non-hydrogen) atoms. The highest BCUT2D eigenvalue weighted by molar-refractivity contribution is 7.90. The van der Waals surface area contributed by atoms with Gasteiger partial charge in [0.25, 0.3) is 5.91 Å². The molecule has 0 saturated heterocycles. The van der Waals surface area contributed by atoms with Gasteiger partial charge >= 0.3 is 0 Å². The number of hydrogen-bond acceptors (Lipinski definition) is 4. The summed E-state index contributed by atoms with van der Waals surface area (Å²) in [6, 6.07) is 6.04. The van der Waals surface area contributed by atoms with Crippen LogP contribution in [0.1, 0.15) is 23.7 Å². The van der Waals surface area contributed by atoms with Crippen molar-refractivity contribution in [1.29, 1.82) is 0 Å². The summed E-state index contributed by atoms with van der Waals surface area (Å²) in [5.74, 6) is -0.260. The third-order valence-corrected chi connectivity index (χ3v) is 3.65. The molecule has 6 heteroatoms. The van der Waals surface area contributed by atoms with Gasteiger partial charge in [0.1, 0.15) is 0 Å². The molecular formula is C13H20N2O3S. The molecule has 1 aromatic carbocycles. The zero-order valence-electron chi connectivity index (χ0n) is 11.3. The van der Waals surface area contributed by atoms with E-state index in [1.807, 2.05) is 0 Å². The lowest BCUT2D eigenvalue weighted by Gasteiger charge is -2.07. The molecule has 5 nitrogen and oxygen atoms in total. The minimum atomic E-state index is -3.28. The highest BCUT2D eigenvalue weighted by Crippen LogP contribution is 2.11. The van der Waals surface area contributed by atoms with Crippen LogP contribution < -0.4 is 10.6 Å². The van der Waals surface area contributed by atoms with Crippen LogP contribution in [-0.4, -0.2) is 40.2 Å². The second-order valence-corrected chi connectivity index (χ2v) is 6.32. The van der Waals surface area contributed by atoms with E-state index in [0.717, 1.165) is 19.2 Å². The van der Waals surface area contributed by atoms with E-state index in [4.69, 9.17) is 0 Å². The summed E-state index contributed by atoms with van der Waals surface area (Å²) in [7, 11) is -3.28. The van der Waals surface area contributed by atoms with Crippen LogP contribution in [0.4, 0.5) is 0 Å². The topological polar surface area (TPSA) is 75.3 Å². The van der Waals surface area contributed by atoms with Crippen molar-refractivity contribution < 1.29 is 13.2 Å². The Labute approximate surface area is 114 Å². The first-order chi connectivity index (χ1) is 8.95. The van der Waals surface area contributed by atoms with Gasteiger partial charge in [0.2, 0.25) is 0 Å². The lowest BCUT2D eigenvalue weighted by atomic mass is 10.2. The summed E-state index contributed by atoms with van der Waals surface area (Å²) in [4.78, 5) is 12.0. The Hall–Kier alpha value is -1.40. The van der Waals surface area contributed by atoms with E-state index in [-0.39, 0.29) is 10.8 Å². The fraction of sp³-hybridized carbons (Fsp3) is 0.462. The van der Waals surface area contributed by atoms with Crippen molar-refractivity contribution in [3.63, 3.8) is 0 Å². The van der Waals surface area contributed by atoms with Gasteiger partial charge in [0, 0.05) is 24.9 Å². The number of nitrogens with one attached hydrogen (secondary N) is 2. The van der Waals surface area contributed by atoms with E-state index in [1.165, 1.54) is 12.1 Å². The van der Waals surface area contributed by atoms with Gasteiger partial charge in [-0.05, 0) is 31.2 Å². The Morgan fingerprint density at radius 2 is 1.95 bits per heavy atom. The Bertz CT molecular complexity index is 526. The van der Waals surface area contributed by atoms with Crippen molar-refractivity contribution in [2.75, 3.05) is 25.9 Å². The Balaban J connectivity index is 2.58. The number of rotatable bonds is 7. The molecule has 0 aliphatic carbocycles. The molecule has 1 aromatic rings. The number of hydrogen-bond donors (Lipinski definition) is 2. The predicted molar refractivity (Wildman–Crippen MR) is 75.0 cm³/mol. The van der Waals surface area contributed by atoms with E-state index in [9.17, 15) is 13.2 Å². The Morgan fingerprint density at radius 1 is 1.21 bits per heavy atom. The van der Waals surface area contributed by atoms with Gasteiger partial charge in [0.05, 0.1) is 4.90 Å². The zero-order valence-corrected chi connectivity index (χ0v) is 12.1. The van der Waals surface area contributed by atoms with Crippen molar-refractivity contribution in [3.8, 4) is 0 Å². The van der Waals surface area contributed by atoms with Gasteiger partial charge in [-0.25, -0.2) is 8.42 Å². The molecule has 0 spiro atoms. The average molecular weight is 284 g/mol. The predicted octanol–water partition coefficient (Wildman–Crippen LogP) is 0.819. The fourth-order valence-corrected chi connectivity index (χ4v) is 2.20. The highest BCUT2D eigenvalue weighted by atomic mass is 32.2. The number of benzene rings is 1. The van der Waals surface area contributed by atoms with Crippen LogP contribution in [0.25, 0.3) is 0 Å². The van der Waals surface area contributed by atoms with Crippen LogP contribution in [-0.2, 0) is 9.84 Å². The molecule has 0 unspecified atom stereocenters. The summed E-state index contributed by atoms with van der Waals surface area (Å²) in [5.41, 5.74) is 0.360. The minimum Gasteiger partial charge on any atom is -0.351 e. The van der Waals surface area contributed by atoms with E-state index in [1.54, 1.807) is 12.1 Å². The molecule has 106 valence electrons. The van der Waals surface area contributed by atoms with E-state index < -0.39 is 9.84 Å². The van der Waals surface area contributed by atoms with Crippen LogP contribution in [0.2, 0.25) is 0 Å². The van der Waals surface area contributed by atoms with Crippen LogP contribution in [0.15, 0.2) is 29.2 Å². The summed E-state index contributed by atoms with van der Waals surface area (Å²) in [6.45, 7) is 4.20. The molecule has 0 radical (unpaired) electrons. The third kappa shape index (κ3) is 5.40. The van der Waals surface area contributed by atoms with Gasteiger partial charge in [-0.1, -0.05) is 13.0 Å². The Morgan fingerprint density at radius 3 is 2.58 bits per heavy atom. The maximum Gasteiger partial charge on any atom is 0.251 e. The monoisotopic (exact) mass is 284 g/mol. The van der Waals surface area contributed by atoms with Gasteiger partial charge in [0.15, 0.2) is 9.84 Å². The zero-order chi connectivity index (χ0) is 14.3. The van der Waals surface area contributed by atoms with E-state index >= 15 is 0 Å². The maximum absolute atomic E-state index is 11.8. The van der Waals surface area contributed by atoms with Crippen LogP contribution in [0.3, 0.4) is 0 Å². The van der Waals surface area contributed by atoms with Crippen molar-refractivity contribution in [2.45, 2.75) is 18.2 Å². The molecule has 1 rings (SSSR count). The minimum absolute atomic E-state index is 0.157. The van der Waals surface area contributed by atoms with E-state index in [2.05, 4.69) is 17.6 Å². The number of carbonyl (C=O) groups excluding carboxylic acids is 1. The SMILES string of the molecule is CCCNCCNC(=O)c1cccc(S(C)(=O)=O)c1. The largest absolute Gasteiger partial charge is 0.351 e. The fourth-order valence-electron chi connectivity index (χ4n) is 1.54. The number of amides is 1. The molecule has 1 amide bonds. The summed E-state index contributed by atoms with van der Waals surface area (Å²) in [6.07, 6.45) is 2.17. The molecule has 0 saturated carbocycles. The van der Waals surface area contributed by atoms with Crippen LogP contribution in [0.5, 0.6) is 0 Å². The van der Waals surface area contributed by atoms with Gasteiger partial charge in [-0.2, -0.15) is 0 Å². The van der Waals surface area contributed by atoms with Gasteiger partial charge < -0.3 is 10.6 Å². The maximum atomic E-state index is 11.8. The van der Waals surface area contributed by atoms with Crippen molar-refractivity contribution in [2.24, 2.45) is 0 Å².